The molecule has 0 aliphatic heterocycles. The molecule has 0 heterocycles. The van der Waals surface area contributed by atoms with Crippen molar-refractivity contribution in [2.45, 2.75) is 25.9 Å². The van der Waals surface area contributed by atoms with E-state index in [1.165, 1.54) is 6.92 Å². The van der Waals surface area contributed by atoms with E-state index in [9.17, 15) is 14.4 Å². The lowest BCUT2D eigenvalue weighted by atomic mass is 10.0. The molecule has 27 heavy (non-hydrogen) atoms. The van der Waals surface area contributed by atoms with Crippen LogP contribution in [0.15, 0.2) is 54.6 Å². The normalized spacial score (nSPS) is 11.3. The van der Waals surface area contributed by atoms with E-state index >= 15 is 0 Å². The maximum Gasteiger partial charge on any atom is 0.308 e. The first-order valence-corrected chi connectivity index (χ1v) is 8.80. The second-order valence-corrected chi connectivity index (χ2v) is 6.37. The predicted molar refractivity (Wildman–Crippen MR) is 102 cm³/mol. The Morgan fingerprint density at radius 2 is 1.70 bits per heavy atom. The summed E-state index contributed by atoms with van der Waals surface area (Å²) in [6.45, 7) is 1.31. The van der Waals surface area contributed by atoms with Crippen LogP contribution in [-0.2, 0) is 25.7 Å². The molecule has 0 aliphatic carbocycles. The highest BCUT2D eigenvalue weighted by Crippen LogP contribution is 2.17. The largest absolute Gasteiger partial charge is 0.456 e. The molecule has 2 aromatic rings. The van der Waals surface area contributed by atoms with Crippen molar-refractivity contribution in [3.63, 3.8) is 0 Å². The number of hydrogen-bond acceptors (Lipinski definition) is 4. The van der Waals surface area contributed by atoms with Crippen molar-refractivity contribution < 1.29 is 19.1 Å². The average molecular weight is 389 g/mol. The number of esters is 1. The standard InChI is InChI=1S/C20H21ClN2O4/c1-14(24)23-18(16-5-3-2-4-6-16)11-20(26)27-13-19(25)22-12-15-7-9-17(21)10-8-15/h2-10,18H,11-13H2,1H3,(H,22,25)(H,23,24)/t18-/m0/s1. The first-order chi connectivity index (χ1) is 12.9. The lowest BCUT2D eigenvalue weighted by molar-refractivity contribution is -0.149. The summed E-state index contributed by atoms with van der Waals surface area (Å²) in [5, 5.41) is 5.99. The molecule has 0 spiro atoms. The van der Waals surface area contributed by atoms with Crippen LogP contribution in [0.1, 0.15) is 30.5 Å². The number of ether oxygens (including phenoxy) is 1. The van der Waals surface area contributed by atoms with Gasteiger partial charge in [0.15, 0.2) is 6.61 Å². The third-order valence-corrected chi connectivity index (χ3v) is 3.97. The molecule has 0 saturated carbocycles. The topological polar surface area (TPSA) is 84.5 Å². The summed E-state index contributed by atoms with van der Waals surface area (Å²) < 4.78 is 5.02. The van der Waals surface area contributed by atoms with E-state index in [1.54, 1.807) is 24.3 Å². The Kier molecular flexibility index (Phi) is 7.82. The predicted octanol–water partition coefficient (Wildman–Crippen LogP) is 2.77. The van der Waals surface area contributed by atoms with E-state index in [2.05, 4.69) is 10.6 Å². The highest BCUT2D eigenvalue weighted by Gasteiger charge is 2.18. The third kappa shape index (κ3) is 7.50. The fourth-order valence-electron chi connectivity index (χ4n) is 2.41. The van der Waals surface area contributed by atoms with Gasteiger partial charge in [0, 0.05) is 18.5 Å². The molecule has 0 aliphatic rings. The smallest absolute Gasteiger partial charge is 0.308 e. The zero-order valence-electron chi connectivity index (χ0n) is 14.9. The summed E-state index contributed by atoms with van der Waals surface area (Å²) in [6.07, 6.45) is -0.0615. The Balaban J connectivity index is 1.80. The summed E-state index contributed by atoms with van der Waals surface area (Å²) in [6, 6.07) is 15.7. The SMILES string of the molecule is CC(=O)N[C@@H](CC(=O)OCC(=O)NCc1ccc(Cl)cc1)c1ccccc1. The van der Waals surface area contributed by atoms with Gasteiger partial charge in [-0.25, -0.2) is 0 Å². The zero-order valence-corrected chi connectivity index (χ0v) is 15.7. The molecule has 0 fully saturated rings. The molecule has 7 heteroatoms. The van der Waals surface area contributed by atoms with Gasteiger partial charge < -0.3 is 15.4 Å². The van der Waals surface area contributed by atoms with Gasteiger partial charge in [-0.2, -0.15) is 0 Å². The molecule has 0 bridgehead atoms. The molecule has 0 unspecified atom stereocenters. The van der Waals surface area contributed by atoms with Gasteiger partial charge in [-0.15, -0.1) is 0 Å². The summed E-state index contributed by atoms with van der Waals surface area (Å²) in [5.74, 6) is -1.23. The number of carbonyl (C=O) groups excluding carboxylic acids is 3. The highest BCUT2D eigenvalue weighted by molar-refractivity contribution is 6.30. The second-order valence-electron chi connectivity index (χ2n) is 5.93. The van der Waals surface area contributed by atoms with Gasteiger partial charge in [0.25, 0.3) is 5.91 Å². The lowest BCUT2D eigenvalue weighted by Crippen LogP contribution is -2.31. The number of carbonyl (C=O) groups is 3. The molecule has 0 radical (unpaired) electrons. The second kappa shape index (κ2) is 10.3. The number of hydrogen-bond donors (Lipinski definition) is 2. The number of amides is 2. The maximum absolute atomic E-state index is 12.1. The van der Waals surface area contributed by atoms with Crippen LogP contribution in [0, 0.1) is 0 Å². The van der Waals surface area contributed by atoms with Crippen LogP contribution in [0.25, 0.3) is 0 Å². The van der Waals surface area contributed by atoms with Gasteiger partial charge in [0.05, 0.1) is 12.5 Å². The maximum atomic E-state index is 12.1. The van der Waals surface area contributed by atoms with Crippen LogP contribution < -0.4 is 10.6 Å². The molecule has 142 valence electrons. The van der Waals surface area contributed by atoms with Crippen molar-refractivity contribution in [2.75, 3.05) is 6.61 Å². The zero-order chi connectivity index (χ0) is 19.6. The summed E-state index contributed by atoms with van der Waals surface area (Å²) in [5.41, 5.74) is 1.67. The number of halogens is 1. The van der Waals surface area contributed by atoms with Crippen LogP contribution in [-0.4, -0.2) is 24.4 Å². The fourth-order valence-corrected chi connectivity index (χ4v) is 2.53. The van der Waals surface area contributed by atoms with E-state index < -0.39 is 17.9 Å². The highest BCUT2D eigenvalue weighted by atomic mass is 35.5. The molecular weight excluding hydrogens is 368 g/mol. The minimum absolute atomic E-state index is 0.0615. The van der Waals surface area contributed by atoms with E-state index in [0.717, 1.165) is 11.1 Å². The van der Waals surface area contributed by atoms with Crippen LogP contribution in [0.3, 0.4) is 0 Å². The Labute approximate surface area is 162 Å². The van der Waals surface area contributed by atoms with Gasteiger partial charge in [0.1, 0.15) is 0 Å². The summed E-state index contributed by atoms with van der Waals surface area (Å²) in [7, 11) is 0. The van der Waals surface area contributed by atoms with Gasteiger partial charge in [-0.1, -0.05) is 54.1 Å². The van der Waals surface area contributed by atoms with Crippen LogP contribution >= 0.6 is 11.6 Å². The average Bonchev–Trinajstić information content (AvgIpc) is 2.66. The van der Waals surface area contributed by atoms with Crippen LogP contribution in [0.4, 0.5) is 0 Å². The third-order valence-electron chi connectivity index (χ3n) is 3.72. The number of nitrogens with one attached hydrogen (secondary N) is 2. The van der Waals surface area contributed by atoms with E-state index in [4.69, 9.17) is 16.3 Å². The molecule has 1 atom stereocenters. The van der Waals surface area contributed by atoms with Gasteiger partial charge >= 0.3 is 5.97 Å². The van der Waals surface area contributed by atoms with Crippen molar-refractivity contribution in [3.05, 3.63) is 70.7 Å². The molecule has 2 N–H and O–H groups in total. The van der Waals surface area contributed by atoms with E-state index in [1.807, 2.05) is 30.3 Å². The Hall–Kier alpha value is -2.86. The number of rotatable bonds is 8. The fraction of sp³-hybridized carbons (Fsp3) is 0.250. The van der Waals surface area contributed by atoms with Crippen molar-refractivity contribution in [3.8, 4) is 0 Å². The minimum atomic E-state index is -0.570. The lowest BCUT2D eigenvalue weighted by Gasteiger charge is -2.17. The number of benzene rings is 2. The van der Waals surface area contributed by atoms with E-state index in [0.29, 0.717) is 11.6 Å². The Morgan fingerprint density at radius 3 is 2.33 bits per heavy atom. The van der Waals surface area contributed by atoms with Crippen molar-refractivity contribution in [1.82, 2.24) is 10.6 Å². The molecule has 2 aromatic carbocycles. The molecule has 0 saturated heterocycles. The first kappa shape index (κ1) is 20.5. The van der Waals surface area contributed by atoms with E-state index in [-0.39, 0.29) is 18.9 Å². The molecule has 6 nitrogen and oxygen atoms in total. The van der Waals surface area contributed by atoms with Crippen molar-refractivity contribution in [1.29, 1.82) is 0 Å². The van der Waals surface area contributed by atoms with Gasteiger partial charge in [-0.05, 0) is 23.3 Å². The van der Waals surface area contributed by atoms with Crippen LogP contribution in [0.5, 0.6) is 0 Å². The first-order valence-electron chi connectivity index (χ1n) is 8.43. The summed E-state index contributed by atoms with van der Waals surface area (Å²) >= 11 is 5.81. The summed E-state index contributed by atoms with van der Waals surface area (Å²) in [4.78, 5) is 35.3. The molecule has 2 amide bonds. The van der Waals surface area contributed by atoms with Crippen molar-refractivity contribution in [2.24, 2.45) is 0 Å². The molecule has 2 rings (SSSR count). The molecule has 0 aromatic heterocycles. The van der Waals surface area contributed by atoms with Gasteiger partial charge in [-0.3, -0.25) is 14.4 Å². The molecular formula is C20H21ClN2O4. The van der Waals surface area contributed by atoms with Crippen LogP contribution in [0.2, 0.25) is 5.02 Å². The van der Waals surface area contributed by atoms with Crippen molar-refractivity contribution >= 4 is 29.4 Å². The quantitative estimate of drug-likeness (QED) is 0.681. The monoisotopic (exact) mass is 388 g/mol. The minimum Gasteiger partial charge on any atom is -0.456 e. The van der Waals surface area contributed by atoms with Gasteiger partial charge in [0.2, 0.25) is 5.91 Å². The Morgan fingerprint density at radius 1 is 1.04 bits per heavy atom. The Bertz CT molecular complexity index is 778.